The first-order valence-corrected chi connectivity index (χ1v) is 6.01. The van der Waals surface area contributed by atoms with E-state index in [4.69, 9.17) is 5.73 Å². The summed E-state index contributed by atoms with van der Waals surface area (Å²) >= 11 is 3.27. The van der Waals surface area contributed by atoms with Gasteiger partial charge in [-0.2, -0.15) is 0 Å². The van der Waals surface area contributed by atoms with Crippen molar-refractivity contribution in [1.82, 2.24) is 4.57 Å². The molecule has 0 saturated heterocycles. The maximum atomic E-state index is 11.6. The molecular formula is C13H13BrN2O. The number of rotatable bonds is 1. The Labute approximate surface area is 108 Å². The minimum absolute atomic E-state index is 0.0460. The molecule has 1 aromatic carbocycles. The summed E-state index contributed by atoms with van der Waals surface area (Å²) in [6.07, 6.45) is 1.81. The highest BCUT2D eigenvalue weighted by Crippen LogP contribution is 2.27. The second-order valence-corrected chi connectivity index (χ2v) is 4.87. The highest BCUT2D eigenvalue weighted by atomic mass is 79.9. The average Bonchev–Trinajstić information content (AvgIpc) is 2.29. The van der Waals surface area contributed by atoms with Crippen LogP contribution in [0.15, 0.2) is 39.7 Å². The minimum atomic E-state index is -0.0460. The number of anilines is 1. The van der Waals surface area contributed by atoms with E-state index in [1.165, 1.54) is 0 Å². The molecule has 0 aliphatic rings. The molecule has 2 aromatic rings. The van der Waals surface area contributed by atoms with Crippen molar-refractivity contribution in [3.05, 3.63) is 50.9 Å². The number of hydrogen-bond donors (Lipinski definition) is 1. The summed E-state index contributed by atoms with van der Waals surface area (Å²) in [5.41, 5.74) is 9.64. The van der Waals surface area contributed by atoms with Crippen LogP contribution >= 0.6 is 15.9 Å². The fourth-order valence-electron chi connectivity index (χ4n) is 1.78. The minimum Gasteiger partial charge on any atom is -0.398 e. The largest absolute Gasteiger partial charge is 0.398 e. The van der Waals surface area contributed by atoms with E-state index in [1.54, 1.807) is 11.6 Å². The Bertz CT molecular complexity index is 606. The standard InChI is InChI=1S/C13H13BrN2O/c1-8-10(4-3-5-12(8)15)9-6-11(14)13(17)16(2)7-9/h3-7H,15H2,1-2H3. The maximum Gasteiger partial charge on any atom is 0.264 e. The van der Waals surface area contributed by atoms with E-state index in [9.17, 15) is 4.79 Å². The van der Waals surface area contributed by atoms with Crippen molar-refractivity contribution in [2.45, 2.75) is 6.92 Å². The smallest absolute Gasteiger partial charge is 0.264 e. The van der Waals surface area contributed by atoms with Gasteiger partial charge in [0.25, 0.3) is 5.56 Å². The zero-order valence-electron chi connectivity index (χ0n) is 9.70. The van der Waals surface area contributed by atoms with Gasteiger partial charge < -0.3 is 10.3 Å². The van der Waals surface area contributed by atoms with Crippen LogP contribution < -0.4 is 11.3 Å². The third-order valence-corrected chi connectivity index (χ3v) is 3.39. The molecule has 0 unspecified atom stereocenters. The molecule has 0 amide bonds. The van der Waals surface area contributed by atoms with E-state index in [0.29, 0.717) is 4.47 Å². The Morgan fingerprint density at radius 3 is 2.71 bits per heavy atom. The quantitative estimate of drug-likeness (QED) is 0.822. The lowest BCUT2D eigenvalue weighted by molar-refractivity contribution is 0.855. The molecule has 0 bridgehead atoms. The van der Waals surface area contributed by atoms with Gasteiger partial charge in [-0.3, -0.25) is 4.79 Å². The van der Waals surface area contributed by atoms with Crippen molar-refractivity contribution in [1.29, 1.82) is 0 Å². The van der Waals surface area contributed by atoms with Gasteiger partial charge in [-0.05, 0) is 51.7 Å². The van der Waals surface area contributed by atoms with Crippen molar-refractivity contribution in [2.75, 3.05) is 5.73 Å². The SMILES string of the molecule is Cc1c(N)cccc1-c1cc(Br)c(=O)n(C)c1. The Morgan fingerprint density at radius 2 is 2.06 bits per heavy atom. The zero-order chi connectivity index (χ0) is 12.6. The lowest BCUT2D eigenvalue weighted by Gasteiger charge is -2.10. The van der Waals surface area contributed by atoms with E-state index in [1.807, 2.05) is 37.4 Å². The highest BCUT2D eigenvalue weighted by Gasteiger charge is 2.07. The third kappa shape index (κ3) is 2.13. The van der Waals surface area contributed by atoms with Crippen LogP contribution in [-0.4, -0.2) is 4.57 Å². The second-order valence-electron chi connectivity index (χ2n) is 4.01. The number of nitrogens with two attached hydrogens (primary N) is 1. The molecule has 0 aliphatic carbocycles. The summed E-state index contributed by atoms with van der Waals surface area (Å²) in [4.78, 5) is 11.6. The predicted octanol–water partition coefficient (Wildman–Crippen LogP) is 2.71. The predicted molar refractivity (Wildman–Crippen MR) is 74.0 cm³/mol. The van der Waals surface area contributed by atoms with Crippen LogP contribution in [-0.2, 0) is 7.05 Å². The maximum absolute atomic E-state index is 11.6. The first kappa shape index (κ1) is 11.9. The second kappa shape index (κ2) is 4.37. The van der Waals surface area contributed by atoms with Gasteiger partial charge in [0.2, 0.25) is 0 Å². The molecule has 2 rings (SSSR count). The van der Waals surface area contributed by atoms with Crippen molar-refractivity contribution in [3.63, 3.8) is 0 Å². The highest BCUT2D eigenvalue weighted by molar-refractivity contribution is 9.10. The Hall–Kier alpha value is -1.55. The number of aryl methyl sites for hydroxylation is 1. The van der Waals surface area contributed by atoms with Crippen molar-refractivity contribution < 1.29 is 0 Å². The summed E-state index contributed by atoms with van der Waals surface area (Å²) in [5.74, 6) is 0. The van der Waals surface area contributed by atoms with Gasteiger partial charge in [0, 0.05) is 18.9 Å². The molecule has 0 atom stereocenters. The van der Waals surface area contributed by atoms with Crippen LogP contribution in [0.2, 0.25) is 0 Å². The normalized spacial score (nSPS) is 10.5. The van der Waals surface area contributed by atoms with E-state index in [0.717, 1.165) is 22.4 Å². The molecule has 1 aromatic heterocycles. The van der Waals surface area contributed by atoms with E-state index < -0.39 is 0 Å². The third-order valence-electron chi connectivity index (χ3n) is 2.83. The number of hydrogen-bond acceptors (Lipinski definition) is 2. The Balaban J connectivity index is 2.69. The molecule has 3 nitrogen and oxygen atoms in total. The zero-order valence-corrected chi connectivity index (χ0v) is 11.3. The van der Waals surface area contributed by atoms with Crippen molar-refractivity contribution >= 4 is 21.6 Å². The molecular weight excluding hydrogens is 280 g/mol. The van der Waals surface area contributed by atoms with Gasteiger partial charge in [0.1, 0.15) is 0 Å². The average molecular weight is 293 g/mol. The fraction of sp³-hybridized carbons (Fsp3) is 0.154. The van der Waals surface area contributed by atoms with Crippen LogP contribution in [0, 0.1) is 6.92 Å². The van der Waals surface area contributed by atoms with Crippen LogP contribution in [0.1, 0.15) is 5.56 Å². The molecule has 2 N–H and O–H groups in total. The molecule has 88 valence electrons. The lowest BCUT2D eigenvalue weighted by Crippen LogP contribution is -2.16. The number of aromatic nitrogens is 1. The van der Waals surface area contributed by atoms with E-state index in [2.05, 4.69) is 15.9 Å². The molecule has 4 heteroatoms. The number of benzene rings is 1. The topological polar surface area (TPSA) is 48.0 Å². The van der Waals surface area contributed by atoms with Crippen LogP contribution in [0.4, 0.5) is 5.69 Å². The Morgan fingerprint density at radius 1 is 1.35 bits per heavy atom. The molecule has 0 spiro atoms. The molecule has 1 heterocycles. The summed E-state index contributed by atoms with van der Waals surface area (Å²) in [6, 6.07) is 7.61. The molecule has 0 fully saturated rings. The number of nitrogen functional groups attached to an aromatic ring is 1. The summed E-state index contributed by atoms with van der Waals surface area (Å²) in [5, 5.41) is 0. The van der Waals surface area contributed by atoms with Gasteiger partial charge in [-0.1, -0.05) is 12.1 Å². The number of nitrogens with zero attached hydrogens (tertiary/aromatic N) is 1. The van der Waals surface area contributed by atoms with Crippen molar-refractivity contribution in [2.24, 2.45) is 7.05 Å². The molecule has 17 heavy (non-hydrogen) atoms. The first-order valence-electron chi connectivity index (χ1n) is 5.22. The number of pyridine rings is 1. The van der Waals surface area contributed by atoms with Crippen LogP contribution in [0.5, 0.6) is 0 Å². The van der Waals surface area contributed by atoms with Crippen molar-refractivity contribution in [3.8, 4) is 11.1 Å². The first-order chi connectivity index (χ1) is 8.00. The monoisotopic (exact) mass is 292 g/mol. The summed E-state index contributed by atoms with van der Waals surface area (Å²) in [6.45, 7) is 1.98. The van der Waals surface area contributed by atoms with Gasteiger partial charge in [0.05, 0.1) is 4.47 Å². The molecule has 0 radical (unpaired) electrons. The van der Waals surface area contributed by atoms with E-state index in [-0.39, 0.29) is 5.56 Å². The van der Waals surface area contributed by atoms with Crippen LogP contribution in [0.25, 0.3) is 11.1 Å². The van der Waals surface area contributed by atoms with Gasteiger partial charge in [-0.15, -0.1) is 0 Å². The van der Waals surface area contributed by atoms with Gasteiger partial charge in [0.15, 0.2) is 0 Å². The summed E-state index contributed by atoms with van der Waals surface area (Å²) in [7, 11) is 1.73. The van der Waals surface area contributed by atoms with Gasteiger partial charge >= 0.3 is 0 Å². The fourth-order valence-corrected chi connectivity index (χ4v) is 2.31. The summed E-state index contributed by atoms with van der Waals surface area (Å²) < 4.78 is 2.11. The van der Waals surface area contributed by atoms with Crippen LogP contribution in [0.3, 0.4) is 0 Å². The molecule has 0 saturated carbocycles. The Kier molecular flexibility index (Phi) is 3.07. The molecule has 0 aliphatic heterocycles. The lowest BCUT2D eigenvalue weighted by atomic mass is 10.0. The van der Waals surface area contributed by atoms with Gasteiger partial charge in [-0.25, -0.2) is 0 Å². The van der Waals surface area contributed by atoms with E-state index >= 15 is 0 Å². The number of halogens is 1.